The molecule has 0 unspecified atom stereocenters. The minimum atomic E-state index is 0.396. The third kappa shape index (κ3) is 3.11. The Morgan fingerprint density at radius 1 is 1.29 bits per heavy atom. The fraction of sp³-hybridized carbons (Fsp3) is 0.154. The molecule has 17 heavy (non-hydrogen) atoms. The van der Waals surface area contributed by atoms with Gasteiger partial charge in [0.2, 0.25) is 0 Å². The summed E-state index contributed by atoms with van der Waals surface area (Å²) in [6, 6.07) is 11.0. The van der Waals surface area contributed by atoms with Crippen LogP contribution in [0.25, 0.3) is 0 Å². The maximum absolute atomic E-state index is 5.81. The quantitative estimate of drug-likeness (QED) is 0.849. The van der Waals surface area contributed by atoms with E-state index in [1.165, 1.54) is 0 Å². The van der Waals surface area contributed by atoms with Gasteiger partial charge in [-0.05, 0) is 37.3 Å². The van der Waals surface area contributed by atoms with Crippen molar-refractivity contribution < 1.29 is 4.74 Å². The Morgan fingerprint density at radius 2 is 2.12 bits per heavy atom. The van der Waals surface area contributed by atoms with Crippen molar-refractivity contribution in [1.82, 2.24) is 4.98 Å². The van der Waals surface area contributed by atoms with Gasteiger partial charge in [-0.25, -0.2) is 0 Å². The summed E-state index contributed by atoms with van der Waals surface area (Å²) >= 11 is 5.81. The average Bonchev–Trinajstić information content (AvgIpc) is 2.28. The third-order valence-electron chi connectivity index (χ3n) is 2.29. The van der Waals surface area contributed by atoms with Crippen LogP contribution in [0, 0.1) is 6.92 Å². The van der Waals surface area contributed by atoms with Gasteiger partial charge in [-0.1, -0.05) is 17.7 Å². The second-order valence-corrected chi connectivity index (χ2v) is 4.18. The molecule has 0 saturated carbocycles. The number of hydrogen-bond acceptors (Lipinski definition) is 3. The van der Waals surface area contributed by atoms with Gasteiger partial charge in [0.25, 0.3) is 0 Å². The molecule has 0 bridgehead atoms. The first-order chi connectivity index (χ1) is 8.15. The Hall–Kier alpha value is -1.74. The van der Waals surface area contributed by atoms with Crippen LogP contribution in [0.4, 0.5) is 5.69 Å². The summed E-state index contributed by atoms with van der Waals surface area (Å²) in [7, 11) is 0. The lowest BCUT2D eigenvalue weighted by Crippen LogP contribution is -2.01. The monoisotopic (exact) mass is 248 g/mol. The molecule has 0 amide bonds. The number of aryl methyl sites for hydroxylation is 1. The second-order valence-electron chi connectivity index (χ2n) is 3.74. The van der Waals surface area contributed by atoms with E-state index in [-0.39, 0.29) is 0 Å². The number of benzene rings is 1. The molecule has 2 N–H and O–H groups in total. The number of aromatic nitrogens is 1. The molecule has 1 aromatic carbocycles. The lowest BCUT2D eigenvalue weighted by Gasteiger charge is -2.08. The molecule has 3 nitrogen and oxygen atoms in total. The molecule has 0 saturated heterocycles. The van der Waals surface area contributed by atoms with Gasteiger partial charge in [-0.3, -0.25) is 4.98 Å². The predicted octanol–water partition coefficient (Wildman–Crippen LogP) is 3.20. The molecule has 1 heterocycles. The minimum absolute atomic E-state index is 0.396. The summed E-state index contributed by atoms with van der Waals surface area (Å²) in [5.41, 5.74) is 8.16. The maximum atomic E-state index is 5.81. The number of ether oxygens (including phenoxy) is 1. The van der Waals surface area contributed by atoms with Crippen LogP contribution in [0.15, 0.2) is 36.4 Å². The number of halogens is 1. The van der Waals surface area contributed by atoms with E-state index in [9.17, 15) is 0 Å². The Labute approximate surface area is 105 Å². The van der Waals surface area contributed by atoms with Crippen LogP contribution >= 0.6 is 11.6 Å². The second kappa shape index (κ2) is 5.06. The first-order valence-electron chi connectivity index (χ1n) is 5.25. The summed E-state index contributed by atoms with van der Waals surface area (Å²) in [4.78, 5) is 4.34. The van der Waals surface area contributed by atoms with Crippen LogP contribution in [0.1, 0.15) is 11.4 Å². The van der Waals surface area contributed by atoms with E-state index < -0.39 is 0 Å². The molecule has 2 aromatic rings. The maximum Gasteiger partial charge on any atom is 0.142 e. The van der Waals surface area contributed by atoms with Crippen molar-refractivity contribution in [3.8, 4) is 5.75 Å². The van der Waals surface area contributed by atoms with Gasteiger partial charge in [0.15, 0.2) is 0 Å². The topological polar surface area (TPSA) is 48.1 Å². The summed E-state index contributed by atoms with van der Waals surface area (Å²) in [6.07, 6.45) is 0. The first kappa shape index (κ1) is 11.7. The highest BCUT2D eigenvalue weighted by Crippen LogP contribution is 2.25. The number of rotatable bonds is 3. The summed E-state index contributed by atoms with van der Waals surface area (Å²) in [5, 5.41) is 0.600. The van der Waals surface area contributed by atoms with E-state index in [0.717, 1.165) is 11.4 Å². The first-order valence-corrected chi connectivity index (χ1v) is 5.63. The van der Waals surface area contributed by atoms with E-state index in [1.807, 2.05) is 25.1 Å². The van der Waals surface area contributed by atoms with E-state index in [2.05, 4.69) is 4.98 Å². The van der Waals surface area contributed by atoms with Gasteiger partial charge < -0.3 is 10.5 Å². The molecule has 0 radical (unpaired) electrons. The molecule has 88 valence electrons. The van der Waals surface area contributed by atoms with Crippen molar-refractivity contribution in [2.75, 3.05) is 5.73 Å². The highest BCUT2D eigenvalue weighted by atomic mass is 35.5. The summed E-state index contributed by atoms with van der Waals surface area (Å²) < 4.78 is 5.59. The normalized spacial score (nSPS) is 10.2. The molecule has 2 rings (SSSR count). The molecule has 1 aromatic heterocycles. The smallest absolute Gasteiger partial charge is 0.142 e. The van der Waals surface area contributed by atoms with Gasteiger partial charge in [-0.15, -0.1) is 0 Å². The van der Waals surface area contributed by atoms with Crippen molar-refractivity contribution in [2.45, 2.75) is 13.5 Å². The Morgan fingerprint density at radius 3 is 2.82 bits per heavy atom. The van der Waals surface area contributed by atoms with E-state index in [4.69, 9.17) is 22.1 Å². The predicted molar refractivity (Wildman–Crippen MR) is 69.2 cm³/mol. The molecule has 0 spiro atoms. The van der Waals surface area contributed by atoms with Crippen LogP contribution in [0.2, 0.25) is 5.02 Å². The van der Waals surface area contributed by atoms with Crippen LogP contribution in [0.3, 0.4) is 0 Å². The highest BCUT2D eigenvalue weighted by Gasteiger charge is 2.02. The third-order valence-corrected chi connectivity index (χ3v) is 2.53. The van der Waals surface area contributed by atoms with E-state index in [0.29, 0.717) is 23.1 Å². The van der Waals surface area contributed by atoms with Crippen molar-refractivity contribution in [1.29, 1.82) is 0 Å². The lowest BCUT2D eigenvalue weighted by atomic mass is 10.3. The van der Waals surface area contributed by atoms with Gasteiger partial charge in [0, 0.05) is 10.7 Å². The molecule has 0 fully saturated rings. The fourth-order valence-corrected chi connectivity index (χ4v) is 1.66. The molecular weight excluding hydrogens is 236 g/mol. The molecule has 0 aliphatic carbocycles. The van der Waals surface area contributed by atoms with Gasteiger partial charge >= 0.3 is 0 Å². The summed E-state index contributed by atoms with van der Waals surface area (Å²) in [5.74, 6) is 0.623. The number of anilines is 1. The molecule has 4 heteroatoms. The van der Waals surface area contributed by atoms with Gasteiger partial charge in [0.05, 0.1) is 11.4 Å². The summed E-state index contributed by atoms with van der Waals surface area (Å²) in [6.45, 7) is 2.34. The van der Waals surface area contributed by atoms with Crippen LogP contribution in [-0.2, 0) is 6.61 Å². The fourth-order valence-electron chi connectivity index (χ4n) is 1.48. The van der Waals surface area contributed by atoms with Gasteiger partial charge in [0.1, 0.15) is 12.4 Å². The molecule has 0 atom stereocenters. The van der Waals surface area contributed by atoms with Gasteiger partial charge in [-0.2, -0.15) is 0 Å². The van der Waals surface area contributed by atoms with E-state index in [1.54, 1.807) is 18.2 Å². The van der Waals surface area contributed by atoms with Crippen LogP contribution in [0.5, 0.6) is 5.75 Å². The zero-order valence-electron chi connectivity index (χ0n) is 9.48. The van der Waals surface area contributed by atoms with Crippen molar-refractivity contribution in [2.24, 2.45) is 0 Å². The highest BCUT2D eigenvalue weighted by molar-refractivity contribution is 6.30. The number of nitrogens with zero attached hydrogens (tertiary/aromatic N) is 1. The Balaban J connectivity index is 2.07. The SMILES string of the molecule is Cc1cccc(COc2ccc(Cl)cc2N)n1. The Bertz CT molecular complexity index is 529. The van der Waals surface area contributed by atoms with Crippen LogP contribution in [-0.4, -0.2) is 4.98 Å². The van der Waals surface area contributed by atoms with Crippen molar-refractivity contribution in [3.05, 3.63) is 52.8 Å². The van der Waals surface area contributed by atoms with Crippen LogP contribution < -0.4 is 10.5 Å². The molecule has 0 aliphatic rings. The minimum Gasteiger partial charge on any atom is -0.485 e. The van der Waals surface area contributed by atoms with E-state index >= 15 is 0 Å². The zero-order chi connectivity index (χ0) is 12.3. The number of nitrogen functional groups attached to an aromatic ring is 1. The number of hydrogen-bond donors (Lipinski definition) is 1. The largest absolute Gasteiger partial charge is 0.485 e. The number of nitrogens with two attached hydrogens (primary N) is 1. The lowest BCUT2D eigenvalue weighted by molar-refractivity contribution is 0.303. The zero-order valence-corrected chi connectivity index (χ0v) is 10.2. The standard InChI is InChI=1S/C13H13ClN2O/c1-9-3-2-4-11(16-9)8-17-13-6-5-10(14)7-12(13)15/h2-7H,8,15H2,1H3. The average molecular weight is 249 g/mol. The Kier molecular flexibility index (Phi) is 3.49. The van der Waals surface area contributed by atoms with Crippen molar-refractivity contribution in [3.63, 3.8) is 0 Å². The van der Waals surface area contributed by atoms with Crippen molar-refractivity contribution >= 4 is 17.3 Å². The number of pyridine rings is 1. The molecular formula is C13H13ClN2O. The molecule has 0 aliphatic heterocycles.